The summed E-state index contributed by atoms with van der Waals surface area (Å²) in [5.74, 6) is 2.08. The molecule has 0 aromatic heterocycles. The van der Waals surface area contributed by atoms with Crippen molar-refractivity contribution in [2.75, 3.05) is 31.6 Å². The number of fused-ring (bicyclic) bond motifs is 1. The second-order valence-corrected chi connectivity index (χ2v) is 7.31. The molecule has 4 bridgehead atoms. The molecular weight excluding hydrogens is 262 g/mol. The van der Waals surface area contributed by atoms with Crippen LogP contribution in [-0.2, 0) is 0 Å². The summed E-state index contributed by atoms with van der Waals surface area (Å²) < 4.78 is 0. The van der Waals surface area contributed by atoms with Crippen LogP contribution in [0.2, 0.25) is 0 Å². The molecule has 110 valence electrons. The highest BCUT2D eigenvalue weighted by Crippen LogP contribution is 2.52. The van der Waals surface area contributed by atoms with Crippen LogP contribution >= 0.6 is 0 Å². The van der Waals surface area contributed by atoms with Gasteiger partial charge in [0.25, 0.3) is 5.91 Å². The molecule has 5 aliphatic rings. The molecular formula is C17H21N3O. The van der Waals surface area contributed by atoms with Crippen LogP contribution in [0, 0.1) is 17.8 Å². The number of benzene rings is 1. The standard InChI is InChI=1S/C17H21N3O/c1-19-15-5-3-2-4-14(15)16(21)18-17(19)12-6-11-7-13(17)10-20(8-11)9-12/h2-5,11-13H,6-10H2,1H3,(H,18,21). The Hall–Kier alpha value is -1.55. The molecule has 4 nitrogen and oxygen atoms in total. The average Bonchev–Trinajstić information content (AvgIpc) is 2.49. The summed E-state index contributed by atoms with van der Waals surface area (Å²) in [5, 5.41) is 3.44. The molecule has 1 aromatic rings. The number of nitrogens with one attached hydrogen (secondary N) is 1. The lowest BCUT2D eigenvalue weighted by atomic mass is 9.60. The number of nitrogens with zero attached hydrogens (tertiary/aromatic N) is 2. The molecule has 2 unspecified atom stereocenters. The van der Waals surface area contributed by atoms with E-state index in [-0.39, 0.29) is 11.6 Å². The molecule has 1 aliphatic carbocycles. The zero-order valence-electron chi connectivity index (χ0n) is 12.4. The zero-order chi connectivity index (χ0) is 14.2. The molecule has 6 rings (SSSR count). The lowest BCUT2D eigenvalue weighted by molar-refractivity contribution is -0.0916. The highest BCUT2D eigenvalue weighted by atomic mass is 16.2. The Kier molecular flexibility index (Phi) is 2.18. The molecule has 4 heterocycles. The summed E-state index contributed by atoms with van der Waals surface area (Å²) in [6.07, 6.45) is 2.53. The SMILES string of the molecule is CN1c2ccccc2C(=O)NC12C1CC3CC2CN(C3)C1. The van der Waals surface area contributed by atoms with Crippen LogP contribution in [0.4, 0.5) is 5.69 Å². The van der Waals surface area contributed by atoms with Crippen LogP contribution < -0.4 is 10.2 Å². The van der Waals surface area contributed by atoms with E-state index in [1.54, 1.807) is 0 Å². The smallest absolute Gasteiger partial charge is 0.255 e. The van der Waals surface area contributed by atoms with Crippen molar-refractivity contribution in [3.63, 3.8) is 0 Å². The Morgan fingerprint density at radius 2 is 1.86 bits per heavy atom. The van der Waals surface area contributed by atoms with Crippen molar-refractivity contribution in [2.45, 2.75) is 18.5 Å². The van der Waals surface area contributed by atoms with Gasteiger partial charge in [0.2, 0.25) is 0 Å². The van der Waals surface area contributed by atoms with Crippen LogP contribution in [0.3, 0.4) is 0 Å². The molecule has 3 saturated heterocycles. The van der Waals surface area contributed by atoms with E-state index in [2.05, 4.69) is 28.2 Å². The molecule has 1 N–H and O–H groups in total. The van der Waals surface area contributed by atoms with E-state index in [1.807, 2.05) is 18.2 Å². The van der Waals surface area contributed by atoms with Gasteiger partial charge in [-0.05, 0) is 30.9 Å². The molecule has 21 heavy (non-hydrogen) atoms. The Morgan fingerprint density at radius 3 is 2.57 bits per heavy atom. The number of hydrogen-bond acceptors (Lipinski definition) is 3. The Bertz CT molecular complexity index is 598. The van der Waals surface area contributed by atoms with Crippen molar-refractivity contribution in [1.29, 1.82) is 0 Å². The van der Waals surface area contributed by atoms with Crippen LogP contribution in [0.15, 0.2) is 24.3 Å². The first kappa shape index (κ1) is 12.0. The molecule has 1 spiro atoms. The van der Waals surface area contributed by atoms with Gasteiger partial charge in [-0.3, -0.25) is 4.79 Å². The van der Waals surface area contributed by atoms with Crippen LogP contribution in [0.1, 0.15) is 23.2 Å². The highest BCUT2D eigenvalue weighted by molar-refractivity contribution is 6.02. The second-order valence-electron chi connectivity index (χ2n) is 7.31. The molecule has 2 atom stereocenters. The van der Waals surface area contributed by atoms with Gasteiger partial charge in [0.1, 0.15) is 5.66 Å². The normalized spacial score (nSPS) is 43.1. The molecule has 4 heteroatoms. The van der Waals surface area contributed by atoms with Gasteiger partial charge < -0.3 is 15.1 Å². The summed E-state index contributed by atoms with van der Waals surface area (Å²) in [5.41, 5.74) is 1.77. The number of piperidine rings is 3. The maximum atomic E-state index is 12.7. The largest absolute Gasteiger partial charge is 0.351 e. The summed E-state index contributed by atoms with van der Waals surface area (Å²) in [6.45, 7) is 3.55. The second kappa shape index (κ2) is 3.80. The van der Waals surface area contributed by atoms with E-state index in [4.69, 9.17) is 0 Å². The third-order valence-corrected chi connectivity index (χ3v) is 6.33. The van der Waals surface area contributed by atoms with Gasteiger partial charge in [0.05, 0.1) is 11.3 Å². The topological polar surface area (TPSA) is 35.6 Å². The number of para-hydroxylation sites is 1. The quantitative estimate of drug-likeness (QED) is 0.784. The first-order chi connectivity index (χ1) is 10.2. The molecule has 1 amide bonds. The third-order valence-electron chi connectivity index (χ3n) is 6.33. The van der Waals surface area contributed by atoms with E-state index in [0.29, 0.717) is 11.8 Å². The van der Waals surface area contributed by atoms with E-state index < -0.39 is 0 Å². The minimum Gasteiger partial charge on any atom is -0.351 e. The monoisotopic (exact) mass is 283 g/mol. The number of anilines is 1. The van der Waals surface area contributed by atoms with Crippen molar-refractivity contribution < 1.29 is 4.79 Å². The van der Waals surface area contributed by atoms with Gasteiger partial charge in [-0.15, -0.1) is 0 Å². The van der Waals surface area contributed by atoms with E-state index in [1.165, 1.54) is 19.4 Å². The van der Waals surface area contributed by atoms with Crippen molar-refractivity contribution in [1.82, 2.24) is 10.2 Å². The number of carbonyl (C=O) groups excluding carboxylic acids is 1. The number of amides is 1. The molecule has 1 saturated carbocycles. The summed E-state index contributed by atoms with van der Waals surface area (Å²) in [6, 6.07) is 8.03. The summed E-state index contributed by atoms with van der Waals surface area (Å²) >= 11 is 0. The van der Waals surface area contributed by atoms with Gasteiger partial charge in [0, 0.05) is 38.5 Å². The minimum absolute atomic E-state index is 0.117. The predicted octanol–water partition coefficient (Wildman–Crippen LogP) is 1.53. The first-order valence-corrected chi connectivity index (χ1v) is 8.06. The van der Waals surface area contributed by atoms with Gasteiger partial charge in [-0.1, -0.05) is 12.1 Å². The van der Waals surface area contributed by atoms with Crippen molar-refractivity contribution in [3.8, 4) is 0 Å². The van der Waals surface area contributed by atoms with Crippen molar-refractivity contribution in [2.24, 2.45) is 17.8 Å². The van der Waals surface area contributed by atoms with Crippen molar-refractivity contribution >= 4 is 11.6 Å². The Morgan fingerprint density at radius 1 is 1.14 bits per heavy atom. The fourth-order valence-corrected chi connectivity index (χ4v) is 5.62. The Labute approximate surface area is 125 Å². The minimum atomic E-state index is -0.154. The van der Waals surface area contributed by atoms with E-state index in [9.17, 15) is 4.79 Å². The highest BCUT2D eigenvalue weighted by Gasteiger charge is 2.61. The van der Waals surface area contributed by atoms with Crippen LogP contribution in [0.5, 0.6) is 0 Å². The lowest BCUT2D eigenvalue weighted by Crippen LogP contribution is -2.79. The lowest BCUT2D eigenvalue weighted by Gasteiger charge is -2.66. The fourth-order valence-electron chi connectivity index (χ4n) is 5.62. The zero-order valence-corrected chi connectivity index (χ0v) is 12.4. The van der Waals surface area contributed by atoms with Gasteiger partial charge in [-0.2, -0.15) is 0 Å². The maximum Gasteiger partial charge on any atom is 0.255 e. The number of carbonyl (C=O) groups is 1. The average molecular weight is 283 g/mol. The van der Waals surface area contributed by atoms with Crippen molar-refractivity contribution in [3.05, 3.63) is 29.8 Å². The van der Waals surface area contributed by atoms with Crippen LogP contribution in [0.25, 0.3) is 0 Å². The molecule has 1 aromatic carbocycles. The number of hydrogen-bond donors (Lipinski definition) is 1. The molecule has 4 aliphatic heterocycles. The fraction of sp³-hybridized carbons (Fsp3) is 0.588. The third kappa shape index (κ3) is 1.37. The van der Waals surface area contributed by atoms with Gasteiger partial charge in [0.15, 0.2) is 0 Å². The van der Waals surface area contributed by atoms with Gasteiger partial charge >= 0.3 is 0 Å². The van der Waals surface area contributed by atoms with E-state index >= 15 is 0 Å². The predicted molar refractivity (Wildman–Crippen MR) is 81.2 cm³/mol. The molecule has 0 radical (unpaired) electrons. The van der Waals surface area contributed by atoms with Gasteiger partial charge in [-0.25, -0.2) is 0 Å². The van der Waals surface area contributed by atoms with E-state index in [0.717, 1.165) is 30.3 Å². The van der Waals surface area contributed by atoms with Crippen LogP contribution in [-0.4, -0.2) is 43.2 Å². The Balaban J connectivity index is 1.65. The number of rotatable bonds is 0. The molecule has 4 fully saturated rings. The summed E-state index contributed by atoms with van der Waals surface area (Å²) in [7, 11) is 2.18. The maximum absolute atomic E-state index is 12.7. The summed E-state index contributed by atoms with van der Waals surface area (Å²) in [4.78, 5) is 17.7. The first-order valence-electron chi connectivity index (χ1n) is 8.06.